The van der Waals surface area contributed by atoms with Gasteiger partial charge in [0.25, 0.3) is 11.8 Å². The summed E-state index contributed by atoms with van der Waals surface area (Å²) < 4.78 is 5.06. The van der Waals surface area contributed by atoms with Gasteiger partial charge in [-0.25, -0.2) is 4.79 Å². The zero-order chi connectivity index (χ0) is 15.9. The van der Waals surface area contributed by atoms with Gasteiger partial charge < -0.3 is 15.6 Å². The van der Waals surface area contributed by atoms with E-state index in [1.165, 1.54) is 6.07 Å². The zero-order valence-corrected chi connectivity index (χ0v) is 11.3. The molecule has 2 rings (SSSR count). The van der Waals surface area contributed by atoms with E-state index in [9.17, 15) is 14.4 Å². The summed E-state index contributed by atoms with van der Waals surface area (Å²) in [5, 5.41) is 5.69. The van der Waals surface area contributed by atoms with E-state index in [1.807, 2.05) is 18.2 Å². The van der Waals surface area contributed by atoms with Crippen LogP contribution in [0.2, 0.25) is 0 Å². The normalized spacial score (nSPS) is 9.82. The molecule has 9 nitrogen and oxygen atoms in total. The Morgan fingerprint density at radius 1 is 1.14 bits per heavy atom. The Hall–Kier alpha value is -3.36. The van der Waals surface area contributed by atoms with E-state index in [0.29, 0.717) is 5.76 Å². The number of aromatic nitrogens is 1. The number of amides is 4. The topological polar surface area (TPSA) is 139 Å². The minimum atomic E-state index is -0.842. The molecule has 0 aliphatic rings. The Morgan fingerprint density at radius 2 is 1.86 bits per heavy atom. The Labute approximate surface area is 124 Å². The fourth-order valence-electron chi connectivity index (χ4n) is 1.52. The number of hydrazine groups is 1. The lowest BCUT2D eigenvalue weighted by Crippen LogP contribution is -2.47. The molecule has 0 spiro atoms. The minimum absolute atomic E-state index is 0.00186. The number of urea groups is 1. The summed E-state index contributed by atoms with van der Waals surface area (Å²) in [5.41, 5.74) is 9.80. The molecule has 114 valence electrons. The SMILES string of the molecule is NC(=O)NCC(=O)NNC(=O)c1cc(-c2ccccc2)on1. The van der Waals surface area contributed by atoms with Crippen LogP contribution in [-0.2, 0) is 4.79 Å². The number of hydrogen-bond acceptors (Lipinski definition) is 5. The first-order chi connectivity index (χ1) is 10.6. The van der Waals surface area contributed by atoms with Crippen molar-refractivity contribution in [2.75, 3.05) is 6.54 Å². The van der Waals surface area contributed by atoms with Crippen molar-refractivity contribution in [2.45, 2.75) is 0 Å². The van der Waals surface area contributed by atoms with Crippen LogP contribution in [0.4, 0.5) is 4.79 Å². The van der Waals surface area contributed by atoms with Gasteiger partial charge in [-0.1, -0.05) is 35.5 Å². The molecule has 1 heterocycles. The van der Waals surface area contributed by atoms with Crippen molar-refractivity contribution in [3.05, 3.63) is 42.1 Å². The first-order valence-corrected chi connectivity index (χ1v) is 6.21. The van der Waals surface area contributed by atoms with E-state index in [2.05, 4.69) is 21.3 Å². The van der Waals surface area contributed by atoms with Crippen LogP contribution in [0.1, 0.15) is 10.5 Å². The van der Waals surface area contributed by atoms with E-state index in [1.54, 1.807) is 12.1 Å². The van der Waals surface area contributed by atoms with Gasteiger partial charge >= 0.3 is 6.03 Å². The van der Waals surface area contributed by atoms with Crippen molar-refractivity contribution in [1.29, 1.82) is 0 Å². The molecule has 0 saturated heterocycles. The maximum atomic E-state index is 11.8. The first-order valence-electron chi connectivity index (χ1n) is 6.21. The molecule has 4 amide bonds. The second kappa shape index (κ2) is 6.88. The Bertz CT molecular complexity index is 683. The van der Waals surface area contributed by atoms with Crippen LogP contribution >= 0.6 is 0 Å². The lowest BCUT2D eigenvalue weighted by molar-refractivity contribution is -0.120. The second-order valence-electron chi connectivity index (χ2n) is 4.16. The van der Waals surface area contributed by atoms with Crippen LogP contribution in [-0.4, -0.2) is 29.5 Å². The summed E-state index contributed by atoms with van der Waals surface area (Å²) in [6.45, 7) is -0.357. The van der Waals surface area contributed by atoms with Crippen LogP contribution in [0.5, 0.6) is 0 Å². The highest BCUT2D eigenvalue weighted by atomic mass is 16.5. The van der Waals surface area contributed by atoms with Gasteiger partial charge in [0.05, 0.1) is 0 Å². The Kier molecular flexibility index (Phi) is 4.70. The molecule has 0 aliphatic heterocycles. The molecule has 2 aromatic rings. The van der Waals surface area contributed by atoms with Crippen molar-refractivity contribution in [2.24, 2.45) is 5.73 Å². The number of hydrogen-bond donors (Lipinski definition) is 4. The maximum Gasteiger partial charge on any atom is 0.312 e. The predicted molar refractivity (Wildman–Crippen MR) is 75.1 cm³/mol. The molecule has 0 saturated carbocycles. The third-order valence-electron chi connectivity index (χ3n) is 2.54. The van der Waals surface area contributed by atoms with E-state index in [0.717, 1.165) is 5.56 Å². The van der Waals surface area contributed by atoms with E-state index in [-0.39, 0.29) is 12.2 Å². The minimum Gasteiger partial charge on any atom is -0.355 e. The highest BCUT2D eigenvalue weighted by Gasteiger charge is 2.14. The molecule has 1 aromatic heterocycles. The third kappa shape index (κ3) is 4.07. The lowest BCUT2D eigenvalue weighted by atomic mass is 10.1. The fraction of sp³-hybridized carbons (Fsp3) is 0.0769. The molecule has 0 unspecified atom stereocenters. The van der Waals surface area contributed by atoms with Gasteiger partial charge in [-0.3, -0.25) is 20.4 Å². The highest BCUT2D eigenvalue weighted by Crippen LogP contribution is 2.19. The molecular weight excluding hydrogens is 290 g/mol. The smallest absolute Gasteiger partial charge is 0.312 e. The van der Waals surface area contributed by atoms with Gasteiger partial charge in [-0.05, 0) is 0 Å². The standard InChI is InChI=1S/C13H13N5O4/c14-13(21)15-7-11(19)16-17-12(20)9-6-10(22-18-9)8-4-2-1-3-5-8/h1-6H,7H2,(H,16,19)(H,17,20)(H3,14,15,21). The molecule has 0 atom stereocenters. The largest absolute Gasteiger partial charge is 0.355 e. The second-order valence-corrected chi connectivity index (χ2v) is 4.16. The van der Waals surface area contributed by atoms with E-state index >= 15 is 0 Å². The number of carbonyl (C=O) groups is 3. The van der Waals surface area contributed by atoms with Gasteiger partial charge in [0, 0.05) is 11.6 Å². The van der Waals surface area contributed by atoms with Gasteiger partial charge in [-0.2, -0.15) is 0 Å². The number of nitrogens with one attached hydrogen (secondary N) is 3. The molecule has 22 heavy (non-hydrogen) atoms. The van der Waals surface area contributed by atoms with Crippen LogP contribution in [0.3, 0.4) is 0 Å². The van der Waals surface area contributed by atoms with Gasteiger partial charge in [-0.15, -0.1) is 0 Å². The maximum absolute atomic E-state index is 11.8. The number of primary amides is 1. The Morgan fingerprint density at radius 3 is 2.55 bits per heavy atom. The first kappa shape index (κ1) is 15.0. The number of nitrogens with two attached hydrogens (primary N) is 1. The highest BCUT2D eigenvalue weighted by molar-refractivity contribution is 5.94. The van der Waals surface area contributed by atoms with E-state index < -0.39 is 17.8 Å². The van der Waals surface area contributed by atoms with Gasteiger partial charge in [0.2, 0.25) is 0 Å². The van der Waals surface area contributed by atoms with Crippen molar-refractivity contribution in [3.8, 4) is 11.3 Å². The lowest BCUT2D eigenvalue weighted by Gasteiger charge is -2.05. The summed E-state index contributed by atoms with van der Waals surface area (Å²) >= 11 is 0. The number of nitrogens with zero attached hydrogens (tertiary/aromatic N) is 1. The average molecular weight is 303 g/mol. The molecule has 1 aromatic carbocycles. The average Bonchev–Trinajstić information content (AvgIpc) is 3.01. The Balaban J connectivity index is 1.90. The predicted octanol–water partition coefficient (Wildman–Crippen LogP) is -0.229. The molecule has 0 aliphatic carbocycles. The van der Waals surface area contributed by atoms with Gasteiger partial charge in [0.15, 0.2) is 11.5 Å². The summed E-state index contributed by atoms with van der Waals surface area (Å²) in [7, 11) is 0. The number of rotatable bonds is 4. The van der Waals surface area contributed by atoms with Crippen LogP contribution in [0, 0.1) is 0 Å². The molecule has 5 N–H and O–H groups in total. The molecule has 0 fully saturated rings. The molecule has 0 bridgehead atoms. The monoisotopic (exact) mass is 303 g/mol. The van der Waals surface area contributed by atoms with Crippen LogP contribution < -0.4 is 21.9 Å². The van der Waals surface area contributed by atoms with E-state index in [4.69, 9.17) is 10.3 Å². The summed E-state index contributed by atoms with van der Waals surface area (Å²) in [4.78, 5) is 33.5. The van der Waals surface area contributed by atoms with Crippen LogP contribution in [0.15, 0.2) is 40.9 Å². The van der Waals surface area contributed by atoms with Crippen molar-refractivity contribution in [1.82, 2.24) is 21.3 Å². The summed E-state index contributed by atoms with van der Waals surface area (Å²) in [5.74, 6) is -0.871. The number of benzene rings is 1. The van der Waals surface area contributed by atoms with Crippen molar-refractivity contribution in [3.63, 3.8) is 0 Å². The zero-order valence-electron chi connectivity index (χ0n) is 11.3. The molecular formula is C13H13N5O4. The van der Waals surface area contributed by atoms with Gasteiger partial charge in [0.1, 0.15) is 6.54 Å². The summed E-state index contributed by atoms with van der Waals surface area (Å²) in [6.07, 6.45) is 0. The molecule has 9 heteroatoms. The van der Waals surface area contributed by atoms with Crippen LogP contribution in [0.25, 0.3) is 11.3 Å². The fourth-order valence-corrected chi connectivity index (χ4v) is 1.52. The van der Waals surface area contributed by atoms with Crippen molar-refractivity contribution < 1.29 is 18.9 Å². The summed E-state index contributed by atoms with van der Waals surface area (Å²) in [6, 6.07) is 9.71. The number of carbonyl (C=O) groups excluding carboxylic acids is 3. The molecule has 0 radical (unpaired) electrons. The van der Waals surface area contributed by atoms with Crippen molar-refractivity contribution >= 4 is 17.8 Å². The third-order valence-corrected chi connectivity index (χ3v) is 2.54. The quantitative estimate of drug-likeness (QED) is 0.578.